The van der Waals surface area contributed by atoms with Crippen LogP contribution in [0.15, 0.2) is 43.1 Å². The lowest BCUT2D eigenvalue weighted by molar-refractivity contribution is -0.116. The Hall–Kier alpha value is -3.42. The van der Waals surface area contributed by atoms with Gasteiger partial charge in [-0.3, -0.25) is 19.1 Å². The van der Waals surface area contributed by atoms with Gasteiger partial charge in [-0.25, -0.2) is 0 Å². The van der Waals surface area contributed by atoms with E-state index < -0.39 is 0 Å². The van der Waals surface area contributed by atoms with Crippen molar-refractivity contribution in [1.29, 1.82) is 0 Å². The van der Waals surface area contributed by atoms with Crippen molar-refractivity contribution in [3.63, 3.8) is 0 Å². The Balaban J connectivity index is 1.92. The molecule has 0 radical (unpaired) electrons. The van der Waals surface area contributed by atoms with Crippen LogP contribution in [0.5, 0.6) is 0 Å². The van der Waals surface area contributed by atoms with Gasteiger partial charge in [-0.2, -0.15) is 5.10 Å². The Kier molecular flexibility index (Phi) is 6.26. The van der Waals surface area contributed by atoms with E-state index in [0.29, 0.717) is 17.8 Å². The molecule has 8 heteroatoms. The van der Waals surface area contributed by atoms with E-state index in [1.807, 2.05) is 12.1 Å². The zero-order chi connectivity index (χ0) is 19.1. The maximum atomic E-state index is 12.2. The number of aryl methyl sites for hydroxylation is 2. The molecule has 1 aromatic heterocycles. The Morgan fingerprint density at radius 3 is 2.50 bits per heavy atom. The summed E-state index contributed by atoms with van der Waals surface area (Å²) in [5, 5.41) is 11.9. The van der Waals surface area contributed by atoms with Crippen LogP contribution >= 0.6 is 0 Å². The molecule has 1 aromatic carbocycles. The molecule has 3 N–H and O–H groups in total. The van der Waals surface area contributed by atoms with Crippen molar-refractivity contribution < 1.29 is 14.4 Å². The van der Waals surface area contributed by atoms with Crippen LogP contribution in [-0.2, 0) is 23.1 Å². The van der Waals surface area contributed by atoms with Crippen molar-refractivity contribution in [3.05, 3.63) is 54.4 Å². The second-order valence-corrected chi connectivity index (χ2v) is 5.58. The van der Waals surface area contributed by atoms with E-state index in [0.717, 1.165) is 5.56 Å². The summed E-state index contributed by atoms with van der Waals surface area (Å²) in [4.78, 5) is 35.2. The number of carbonyl (C=O) groups is 3. The molecule has 26 heavy (non-hydrogen) atoms. The third-order valence-electron chi connectivity index (χ3n) is 3.59. The first kappa shape index (κ1) is 18.9. The van der Waals surface area contributed by atoms with Crippen molar-refractivity contribution in [1.82, 2.24) is 15.1 Å². The standard InChI is InChI=1S/C18H21N5O3/c1-4-15(24)20-13-8-5-12(6-9-13)7-10-16(25)21-14-11-23(3)22-17(14)18(26)19-2/h4-6,8-9,11H,1,7,10H2,2-3H3,(H,19,26)(H,20,24)(H,21,25). The van der Waals surface area contributed by atoms with Crippen molar-refractivity contribution in [2.75, 3.05) is 17.7 Å². The Morgan fingerprint density at radius 2 is 1.88 bits per heavy atom. The molecule has 136 valence electrons. The predicted octanol–water partition coefficient (Wildman–Crippen LogP) is 1.48. The molecular formula is C18H21N5O3. The zero-order valence-electron chi connectivity index (χ0n) is 14.7. The molecule has 0 spiro atoms. The van der Waals surface area contributed by atoms with Gasteiger partial charge in [-0.1, -0.05) is 18.7 Å². The van der Waals surface area contributed by atoms with Gasteiger partial charge in [0.2, 0.25) is 11.8 Å². The minimum absolute atomic E-state index is 0.172. The number of anilines is 2. The highest BCUT2D eigenvalue weighted by molar-refractivity contribution is 6.02. The minimum atomic E-state index is -0.363. The molecule has 0 fully saturated rings. The summed E-state index contributed by atoms with van der Waals surface area (Å²) in [5.41, 5.74) is 2.16. The molecule has 8 nitrogen and oxygen atoms in total. The molecular weight excluding hydrogens is 334 g/mol. The van der Waals surface area contributed by atoms with E-state index in [-0.39, 0.29) is 29.8 Å². The molecule has 3 amide bonds. The molecule has 0 unspecified atom stereocenters. The molecule has 0 saturated carbocycles. The SMILES string of the molecule is C=CC(=O)Nc1ccc(CCC(=O)Nc2cn(C)nc2C(=O)NC)cc1. The van der Waals surface area contributed by atoms with Crippen molar-refractivity contribution in [2.24, 2.45) is 7.05 Å². The highest BCUT2D eigenvalue weighted by Gasteiger charge is 2.16. The molecule has 0 atom stereocenters. The summed E-state index contributed by atoms with van der Waals surface area (Å²) in [6.07, 6.45) is 3.56. The van der Waals surface area contributed by atoms with Crippen LogP contribution in [0.2, 0.25) is 0 Å². The normalized spacial score (nSPS) is 10.1. The summed E-state index contributed by atoms with van der Waals surface area (Å²) in [7, 11) is 3.18. The van der Waals surface area contributed by atoms with E-state index in [4.69, 9.17) is 0 Å². The fraction of sp³-hybridized carbons (Fsp3) is 0.222. The van der Waals surface area contributed by atoms with Gasteiger partial charge in [0, 0.05) is 32.4 Å². The highest BCUT2D eigenvalue weighted by Crippen LogP contribution is 2.15. The van der Waals surface area contributed by atoms with Gasteiger partial charge in [0.15, 0.2) is 5.69 Å². The van der Waals surface area contributed by atoms with E-state index >= 15 is 0 Å². The fourth-order valence-electron chi connectivity index (χ4n) is 2.28. The van der Waals surface area contributed by atoms with Crippen LogP contribution in [0.3, 0.4) is 0 Å². The molecule has 0 saturated heterocycles. The Bertz CT molecular complexity index is 824. The van der Waals surface area contributed by atoms with Crippen LogP contribution < -0.4 is 16.0 Å². The van der Waals surface area contributed by atoms with Crippen LogP contribution in [0, 0.1) is 0 Å². The van der Waals surface area contributed by atoms with E-state index in [1.165, 1.54) is 17.8 Å². The maximum Gasteiger partial charge on any atom is 0.273 e. The van der Waals surface area contributed by atoms with Crippen LogP contribution in [0.4, 0.5) is 11.4 Å². The lowest BCUT2D eigenvalue weighted by atomic mass is 10.1. The van der Waals surface area contributed by atoms with Crippen LogP contribution in [0.1, 0.15) is 22.5 Å². The van der Waals surface area contributed by atoms with Gasteiger partial charge in [0.05, 0.1) is 5.69 Å². The number of benzene rings is 1. The van der Waals surface area contributed by atoms with Gasteiger partial charge in [0.25, 0.3) is 5.91 Å². The summed E-state index contributed by atoms with van der Waals surface area (Å²) < 4.78 is 1.47. The van der Waals surface area contributed by atoms with E-state index in [1.54, 1.807) is 25.4 Å². The first-order chi connectivity index (χ1) is 12.4. The lowest BCUT2D eigenvalue weighted by Gasteiger charge is -2.06. The van der Waals surface area contributed by atoms with Gasteiger partial charge in [0.1, 0.15) is 0 Å². The summed E-state index contributed by atoms with van der Waals surface area (Å²) in [5.74, 6) is -0.856. The molecule has 2 rings (SSSR count). The highest BCUT2D eigenvalue weighted by atomic mass is 16.2. The molecule has 0 bridgehead atoms. The molecule has 2 aromatic rings. The van der Waals surface area contributed by atoms with Crippen LogP contribution in [0.25, 0.3) is 0 Å². The van der Waals surface area contributed by atoms with Gasteiger partial charge in [-0.15, -0.1) is 0 Å². The summed E-state index contributed by atoms with van der Waals surface area (Å²) >= 11 is 0. The van der Waals surface area contributed by atoms with E-state index in [9.17, 15) is 14.4 Å². The Labute approximate surface area is 151 Å². The first-order valence-electron chi connectivity index (χ1n) is 8.01. The monoisotopic (exact) mass is 355 g/mol. The van der Waals surface area contributed by atoms with Gasteiger partial charge >= 0.3 is 0 Å². The van der Waals surface area contributed by atoms with E-state index in [2.05, 4.69) is 27.6 Å². The minimum Gasteiger partial charge on any atom is -0.354 e. The first-order valence-corrected chi connectivity index (χ1v) is 8.01. The number of rotatable bonds is 7. The number of aromatic nitrogens is 2. The maximum absolute atomic E-state index is 12.2. The zero-order valence-corrected chi connectivity index (χ0v) is 14.7. The number of hydrogen-bond acceptors (Lipinski definition) is 4. The largest absolute Gasteiger partial charge is 0.354 e. The third-order valence-corrected chi connectivity index (χ3v) is 3.59. The Morgan fingerprint density at radius 1 is 1.19 bits per heavy atom. The topological polar surface area (TPSA) is 105 Å². The summed E-state index contributed by atoms with van der Waals surface area (Å²) in [6, 6.07) is 7.21. The lowest BCUT2D eigenvalue weighted by Crippen LogP contribution is -2.21. The molecule has 0 aliphatic heterocycles. The average molecular weight is 355 g/mol. The smallest absolute Gasteiger partial charge is 0.273 e. The van der Waals surface area contributed by atoms with Crippen molar-refractivity contribution in [2.45, 2.75) is 12.8 Å². The van der Waals surface area contributed by atoms with Gasteiger partial charge < -0.3 is 16.0 Å². The molecule has 0 aliphatic rings. The molecule has 1 heterocycles. The van der Waals surface area contributed by atoms with Crippen LogP contribution in [-0.4, -0.2) is 34.5 Å². The number of nitrogens with zero attached hydrogens (tertiary/aromatic N) is 2. The number of amides is 3. The third kappa shape index (κ3) is 5.04. The number of nitrogens with one attached hydrogen (secondary N) is 3. The van der Waals surface area contributed by atoms with Crippen molar-refractivity contribution in [3.8, 4) is 0 Å². The fourth-order valence-corrected chi connectivity index (χ4v) is 2.28. The molecule has 0 aliphatic carbocycles. The van der Waals surface area contributed by atoms with Crippen molar-refractivity contribution >= 4 is 29.1 Å². The quantitative estimate of drug-likeness (QED) is 0.654. The second-order valence-electron chi connectivity index (χ2n) is 5.58. The van der Waals surface area contributed by atoms with Gasteiger partial charge in [-0.05, 0) is 30.2 Å². The average Bonchev–Trinajstić information content (AvgIpc) is 3.00. The summed E-state index contributed by atoms with van der Waals surface area (Å²) in [6.45, 7) is 3.39. The number of carbonyl (C=O) groups excluding carboxylic acids is 3. The number of hydrogen-bond donors (Lipinski definition) is 3. The second kappa shape index (κ2) is 8.61. The predicted molar refractivity (Wildman–Crippen MR) is 98.8 cm³/mol.